The quantitative estimate of drug-likeness (QED) is 0.478. The highest BCUT2D eigenvalue weighted by Crippen LogP contribution is 2.28. The molecule has 0 bridgehead atoms. The van der Waals surface area contributed by atoms with Gasteiger partial charge in [-0.15, -0.1) is 0 Å². The summed E-state index contributed by atoms with van der Waals surface area (Å²) in [6, 6.07) is 18.8. The zero-order valence-electron chi connectivity index (χ0n) is 18.3. The Kier molecular flexibility index (Phi) is 8.36. The zero-order valence-corrected chi connectivity index (χ0v) is 18.3. The van der Waals surface area contributed by atoms with Crippen LogP contribution in [0, 0.1) is 11.8 Å². The highest BCUT2D eigenvalue weighted by atomic mass is 16.5. The monoisotopic (exact) mass is 436 g/mol. The molecule has 0 aromatic heterocycles. The molecule has 0 aliphatic heterocycles. The van der Waals surface area contributed by atoms with Crippen molar-refractivity contribution >= 4 is 34.7 Å². The molecule has 3 rings (SSSR count). The molecule has 0 spiro atoms. The van der Waals surface area contributed by atoms with Crippen molar-refractivity contribution in [2.24, 2.45) is 22.0 Å². The number of carbonyl (C=O) groups excluding carboxylic acids is 2. The molecule has 0 radical (unpaired) electrons. The van der Waals surface area contributed by atoms with Gasteiger partial charge in [0.2, 0.25) is 0 Å². The average Bonchev–Trinajstić information content (AvgIpc) is 2.83. The number of ether oxygens (including phenoxy) is 2. The van der Waals surface area contributed by atoms with E-state index in [0.29, 0.717) is 11.4 Å². The van der Waals surface area contributed by atoms with Crippen molar-refractivity contribution in [2.75, 3.05) is 24.1 Å². The van der Waals surface area contributed by atoms with Gasteiger partial charge in [0.15, 0.2) is 0 Å². The van der Waals surface area contributed by atoms with Crippen molar-refractivity contribution < 1.29 is 19.1 Å². The van der Waals surface area contributed by atoms with Crippen molar-refractivity contribution in [3.63, 3.8) is 0 Å². The summed E-state index contributed by atoms with van der Waals surface area (Å²) in [5.74, 6) is -2.08. The van der Waals surface area contributed by atoms with Gasteiger partial charge >= 0.3 is 11.9 Å². The average molecular weight is 437 g/mol. The molecule has 1 saturated carbocycles. The van der Waals surface area contributed by atoms with Crippen LogP contribution in [0.5, 0.6) is 0 Å². The molecule has 0 amide bonds. The van der Waals surface area contributed by atoms with Gasteiger partial charge in [-0.2, -0.15) is 10.2 Å². The molecule has 1 aliphatic rings. The Morgan fingerprint density at radius 2 is 1.12 bits per heavy atom. The number of carbonyl (C=O) groups is 2. The molecular formula is C24H28N4O4. The molecule has 8 heteroatoms. The fraction of sp³-hybridized carbons (Fsp3) is 0.333. The normalized spacial score (nSPS) is 20.6. The molecule has 0 saturated heterocycles. The number of anilines is 2. The van der Waals surface area contributed by atoms with Gasteiger partial charge in [0.1, 0.15) is 11.8 Å². The summed E-state index contributed by atoms with van der Waals surface area (Å²) in [7, 11) is 0. The van der Waals surface area contributed by atoms with E-state index in [0.717, 1.165) is 11.4 Å². The summed E-state index contributed by atoms with van der Waals surface area (Å²) in [4.78, 5) is 25.4. The number of hydrazone groups is 2. The molecule has 2 aromatic carbocycles. The lowest BCUT2D eigenvalue weighted by Crippen LogP contribution is -2.42. The molecule has 1 fully saturated rings. The number of esters is 2. The Bertz CT molecular complexity index is 881. The first-order chi connectivity index (χ1) is 15.6. The van der Waals surface area contributed by atoms with Crippen LogP contribution in [0.15, 0.2) is 70.9 Å². The first-order valence-corrected chi connectivity index (χ1v) is 10.7. The zero-order chi connectivity index (χ0) is 22.8. The molecule has 1 aliphatic carbocycles. The molecule has 8 nitrogen and oxygen atoms in total. The van der Waals surface area contributed by atoms with Gasteiger partial charge in [0.25, 0.3) is 0 Å². The van der Waals surface area contributed by atoms with Gasteiger partial charge < -0.3 is 9.47 Å². The Morgan fingerprint density at radius 1 is 0.750 bits per heavy atom. The smallest absolute Gasteiger partial charge is 0.315 e. The van der Waals surface area contributed by atoms with E-state index in [1.807, 2.05) is 60.7 Å². The molecule has 0 unspecified atom stereocenters. The lowest BCUT2D eigenvalue weighted by atomic mass is 9.78. The van der Waals surface area contributed by atoms with E-state index in [1.54, 1.807) is 13.8 Å². The Hall–Kier alpha value is -3.68. The number of hydrogen-bond donors (Lipinski definition) is 2. The summed E-state index contributed by atoms with van der Waals surface area (Å²) >= 11 is 0. The van der Waals surface area contributed by atoms with E-state index in [4.69, 9.17) is 9.47 Å². The predicted molar refractivity (Wildman–Crippen MR) is 124 cm³/mol. The number of para-hydroxylation sites is 2. The Balaban J connectivity index is 1.90. The van der Waals surface area contributed by atoms with Crippen LogP contribution in [-0.4, -0.2) is 36.6 Å². The predicted octanol–water partition coefficient (Wildman–Crippen LogP) is 4.08. The fourth-order valence-corrected chi connectivity index (χ4v) is 3.41. The van der Waals surface area contributed by atoms with Crippen LogP contribution in [0.3, 0.4) is 0 Å². The second-order valence-corrected chi connectivity index (χ2v) is 7.18. The van der Waals surface area contributed by atoms with Gasteiger partial charge in [-0.3, -0.25) is 20.4 Å². The summed E-state index contributed by atoms with van der Waals surface area (Å²) in [5.41, 5.74) is 8.58. The highest BCUT2D eigenvalue weighted by molar-refractivity contribution is 6.16. The van der Waals surface area contributed by atoms with Gasteiger partial charge in [0, 0.05) is 12.8 Å². The summed E-state index contributed by atoms with van der Waals surface area (Å²) < 4.78 is 10.6. The molecular weight excluding hydrogens is 408 g/mol. The maximum Gasteiger partial charge on any atom is 0.315 e. The van der Waals surface area contributed by atoms with Crippen molar-refractivity contribution in [3.8, 4) is 0 Å². The van der Waals surface area contributed by atoms with Gasteiger partial charge in [-0.05, 0) is 38.1 Å². The molecule has 168 valence electrons. The number of nitrogens with zero attached hydrogens (tertiary/aromatic N) is 2. The summed E-state index contributed by atoms with van der Waals surface area (Å²) in [5, 5.41) is 8.93. The number of hydrogen-bond acceptors (Lipinski definition) is 8. The minimum Gasteiger partial charge on any atom is -0.465 e. The number of nitrogens with one attached hydrogen (secondary N) is 2. The van der Waals surface area contributed by atoms with Crippen LogP contribution in [0.1, 0.15) is 26.7 Å². The lowest BCUT2D eigenvalue weighted by Gasteiger charge is -2.29. The maximum absolute atomic E-state index is 12.7. The largest absolute Gasteiger partial charge is 0.465 e. The summed E-state index contributed by atoms with van der Waals surface area (Å²) in [6.45, 7) is 4.02. The highest BCUT2D eigenvalue weighted by Gasteiger charge is 2.41. The van der Waals surface area contributed by atoms with E-state index >= 15 is 0 Å². The van der Waals surface area contributed by atoms with Crippen molar-refractivity contribution in [1.29, 1.82) is 0 Å². The van der Waals surface area contributed by atoms with Gasteiger partial charge in [0.05, 0.1) is 36.0 Å². The number of rotatable bonds is 8. The van der Waals surface area contributed by atoms with E-state index in [1.165, 1.54) is 0 Å². The Labute approximate surface area is 187 Å². The fourth-order valence-electron chi connectivity index (χ4n) is 3.41. The van der Waals surface area contributed by atoms with E-state index < -0.39 is 23.8 Å². The van der Waals surface area contributed by atoms with Gasteiger partial charge in [-0.25, -0.2) is 0 Å². The van der Waals surface area contributed by atoms with Crippen molar-refractivity contribution in [3.05, 3.63) is 60.7 Å². The van der Waals surface area contributed by atoms with Crippen LogP contribution in [0.25, 0.3) is 0 Å². The van der Waals surface area contributed by atoms with E-state index in [9.17, 15) is 9.59 Å². The van der Waals surface area contributed by atoms with Crippen molar-refractivity contribution in [2.45, 2.75) is 26.7 Å². The van der Waals surface area contributed by atoms with Crippen LogP contribution in [0.2, 0.25) is 0 Å². The second kappa shape index (κ2) is 11.6. The second-order valence-electron chi connectivity index (χ2n) is 7.18. The molecule has 32 heavy (non-hydrogen) atoms. The minimum absolute atomic E-state index is 0.206. The first kappa shape index (κ1) is 23.0. The lowest BCUT2D eigenvalue weighted by molar-refractivity contribution is -0.148. The van der Waals surface area contributed by atoms with Crippen LogP contribution in [-0.2, 0) is 19.1 Å². The van der Waals surface area contributed by atoms with Crippen molar-refractivity contribution in [1.82, 2.24) is 0 Å². The van der Waals surface area contributed by atoms with E-state index in [-0.39, 0.29) is 26.1 Å². The SMILES string of the molecule is CCOC(=O)[C@@H]1C/C(=N\Nc2ccccc2)[C@H](C(=O)OCC)C/C1=N/Nc1ccccc1. The topological polar surface area (TPSA) is 101 Å². The maximum atomic E-state index is 12.7. The standard InChI is InChI=1S/C24H28N4O4/c1-3-31-23(29)19-15-22(28-26-18-13-9-6-10-14-18)20(24(30)32-4-2)16-21(19)27-25-17-11-7-5-8-12-17/h5-14,19-20,25-26H,3-4,15-16H2,1-2H3/b27-21-,28-22+/t19-,20-/m1/s1. The Morgan fingerprint density at radius 3 is 1.47 bits per heavy atom. The third-order valence-corrected chi connectivity index (χ3v) is 4.98. The molecule has 0 heterocycles. The molecule has 2 aromatic rings. The third kappa shape index (κ3) is 6.16. The third-order valence-electron chi connectivity index (χ3n) is 4.98. The van der Waals surface area contributed by atoms with Crippen LogP contribution in [0.4, 0.5) is 11.4 Å². The summed E-state index contributed by atoms with van der Waals surface area (Å²) in [6.07, 6.45) is 0.412. The molecule has 2 N–H and O–H groups in total. The van der Waals surface area contributed by atoms with Crippen LogP contribution < -0.4 is 10.9 Å². The van der Waals surface area contributed by atoms with Gasteiger partial charge in [-0.1, -0.05) is 36.4 Å². The number of benzene rings is 2. The van der Waals surface area contributed by atoms with Crippen LogP contribution >= 0.6 is 0 Å². The molecule has 2 atom stereocenters. The first-order valence-electron chi connectivity index (χ1n) is 10.7. The minimum atomic E-state index is -0.645. The van der Waals surface area contributed by atoms with E-state index in [2.05, 4.69) is 21.1 Å².